The second kappa shape index (κ2) is 6.16. The van der Waals surface area contributed by atoms with Gasteiger partial charge in [-0.3, -0.25) is 4.79 Å². The number of hydrogen-bond acceptors (Lipinski definition) is 7. The normalized spacial score (nSPS) is 19.3. The number of ether oxygens (including phenoxy) is 2. The molecule has 0 amide bonds. The molecule has 7 nitrogen and oxygen atoms in total. The molecule has 104 valence electrons. The van der Waals surface area contributed by atoms with Gasteiger partial charge in [0.15, 0.2) is 0 Å². The second-order valence-corrected chi connectivity index (χ2v) is 4.95. The van der Waals surface area contributed by atoms with E-state index in [1.165, 1.54) is 7.11 Å². The number of methoxy groups -OCH3 is 1. The summed E-state index contributed by atoms with van der Waals surface area (Å²) in [5.41, 5.74) is 5.69. The Hall–Kier alpha value is -1.41. The number of morpholine rings is 1. The number of carbonyl (C=O) groups excluding carboxylic acids is 1. The predicted octanol–water partition coefficient (Wildman–Crippen LogP) is 0.590. The van der Waals surface area contributed by atoms with Crippen LogP contribution in [0.15, 0.2) is 10.7 Å². The highest BCUT2D eigenvalue weighted by atomic mass is 79.9. The lowest BCUT2D eigenvalue weighted by Crippen LogP contribution is -2.44. The third-order valence-corrected chi connectivity index (χ3v) is 3.15. The first-order chi connectivity index (χ1) is 9.08. The average molecular weight is 331 g/mol. The predicted molar refractivity (Wildman–Crippen MR) is 72.7 cm³/mol. The van der Waals surface area contributed by atoms with Crippen molar-refractivity contribution in [2.24, 2.45) is 0 Å². The highest BCUT2D eigenvalue weighted by Gasteiger charge is 2.25. The molecule has 0 spiro atoms. The summed E-state index contributed by atoms with van der Waals surface area (Å²) in [5, 5.41) is 0. The largest absolute Gasteiger partial charge is 0.469 e. The van der Waals surface area contributed by atoms with E-state index in [-0.39, 0.29) is 18.5 Å². The Balaban J connectivity index is 2.06. The van der Waals surface area contributed by atoms with Crippen LogP contribution in [0.5, 0.6) is 0 Å². The zero-order valence-corrected chi connectivity index (χ0v) is 12.1. The number of carbonyl (C=O) groups is 1. The number of nitrogens with zero attached hydrogens (tertiary/aromatic N) is 3. The van der Waals surface area contributed by atoms with Crippen molar-refractivity contribution in [3.05, 3.63) is 10.7 Å². The zero-order valence-electron chi connectivity index (χ0n) is 10.5. The van der Waals surface area contributed by atoms with Crippen LogP contribution in [-0.2, 0) is 14.3 Å². The zero-order chi connectivity index (χ0) is 13.8. The van der Waals surface area contributed by atoms with Crippen LogP contribution in [0.25, 0.3) is 0 Å². The second-order valence-electron chi connectivity index (χ2n) is 4.13. The van der Waals surface area contributed by atoms with Crippen LogP contribution in [0.2, 0.25) is 0 Å². The summed E-state index contributed by atoms with van der Waals surface area (Å²) in [4.78, 5) is 21.6. The molecule has 1 aromatic rings. The van der Waals surface area contributed by atoms with E-state index in [0.29, 0.717) is 36.1 Å². The van der Waals surface area contributed by atoms with Crippen LogP contribution in [0, 0.1) is 0 Å². The fourth-order valence-corrected chi connectivity index (χ4v) is 2.25. The van der Waals surface area contributed by atoms with E-state index < -0.39 is 0 Å². The first-order valence-corrected chi connectivity index (χ1v) is 6.61. The minimum atomic E-state index is -0.290. The van der Waals surface area contributed by atoms with Crippen LogP contribution >= 0.6 is 15.9 Å². The Labute approximate surface area is 119 Å². The molecule has 0 bridgehead atoms. The summed E-state index contributed by atoms with van der Waals surface area (Å²) in [6.07, 6.45) is 0.00115. The molecule has 19 heavy (non-hydrogen) atoms. The molecule has 0 saturated carbocycles. The maximum Gasteiger partial charge on any atom is 0.308 e. The van der Waals surface area contributed by atoms with E-state index in [1.807, 2.05) is 4.90 Å². The third kappa shape index (κ3) is 3.77. The topological polar surface area (TPSA) is 90.6 Å². The van der Waals surface area contributed by atoms with Crippen LogP contribution in [0.4, 0.5) is 11.8 Å². The van der Waals surface area contributed by atoms with E-state index >= 15 is 0 Å². The number of aromatic nitrogens is 2. The lowest BCUT2D eigenvalue weighted by molar-refractivity contribution is -0.144. The van der Waals surface area contributed by atoms with Crippen LogP contribution in [-0.4, -0.2) is 48.8 Å². The Kier molecular flexibility index (Phi) is 4.54. The smallest absolute Gasteiger partial charge is 0.308 e. The quantitative estimate of drug-likeness (QED) is 0.640. The number of hydrogen-bond donors (Lipinski definition) is 1. The molecule has 2 rings (SSSR count). The van der Waals surface area contributed by atoms with Crippen molar-refractivity contribution >= 4 is 33.7 Å². The summed E-state index contributed by atoms with van der Waals surface area (Å²) in [6, 6.07) is 1.63. The van der Waals surface area contributed by atoms with E-state index in [4.69, 9.17) is 10.5 Å². The van der Waals surface area contributed by atoms with Gasteiger partial charge in [-0.25, -0.2) is 4.98 Å². The maximum atomic E-state index is 11.3. The molecule has 2 N–H and O–H groups in total. The fraction of sp³-hybridized carbons (Fsp3) is 0.545. The Bertz CT molecular complexity index is 451. The molecular formula is C11H15BrN4O3. The molecule has 1 atom stereocenters. The molecule has 8 heteroatoms. The standard InChI is InChI=1S/C11H15BrN4O3/c1-18-10(17)4-7-6-16(2-3-19-7)11-14-8(12)5-9(13)15-11/h5,7H,2-4,6H2,1H3,(H2,13,14,15). The van der Waals surface area contributed by atoms with Gasteiger partial charge in [0.05, 0.1) is 26.2 Å². The lowest BCUT2D eigenvalue weighted by atomic mass is 10.2. The van der Waals surface area contributed by atoms with Gasteiger partial charge < -0.3 is 20.1 Å². The van der Waals surface area contributed by atoms with Crippen molar-refractivity contribution in [3.63, 3.8) is 0 Å². The van der Waals surface area contributed by atoms with Gasteiger partial charge in [0.25, 0.3) is 0 Å². The molecule has 0 aliphatic carbocycles. The highest BCUT2D eigenvalue weighted by molar-refractivity contribution is 9.10. The molecule has 1 aromatic heterocycles. The van der Waals surface area contributed by atoms with E-state index in [2.05, 4.69) is 30.6 Å². The molecule has 2 heterocycles. The number of esters is 1. The van der Waals surface area contributed by atoms with Crippen molar-refractivity contribution < 1.29 is 14.3 Å². The molecule has 1 aliphatic rings. The fourth-order valence-electron chi connectivity index (χ4n) is 1.86. The Morgan fingerprint density at radius 3 is 3.16 bits per heavy atom. The van der Waals surface area contributed by atoms with E-state index in [9.17, 15) is 4.79 Å². The number of anilines is 2. The SMILES string of the molecule is COC(=O)CC1CN(c2nc(N)cc(Br)n2)CCO1. The first-order valence-electron chi connectivity index (χ1n) is 5.82. The van der Waals surface area contributed by atoms with E-state index in [1.54, 1.807) is 6.07 Å². The molecule has 1 unspecified atom stereocenters. The van der Waals surface area contributed by atoms with Gasteiger partial charge in [-0.05, 0) is 15.9 Å². The minimum Gasteiger partial charge on any atom is -0.469 e. The van der Waals surface area contributed by atoms with Crippen LogP contribution < -0.4 is 10.6 Å². The number of halogens is 1. The highest BCUT2D eigenvalue weighted by Crippen LogP contribution is 2.19. The van der Waals surface area contributed by atoms with Gasteiger partial charge in [0.2, 0.25) is 5.95 Å². The van der Waals surface area contributed by atoms with Crippen molar-refractivity contribution in [3.8, 4) is 0 Å². The van der Waals surface area contributed by atoms with Crippen molar-refractivity contribution in [2.45, 2.75) is 12.5 Å². The van der Waals surface area contributed by atoms with Crippen molar-refractivity contribution in [1.82, 2.24) is 9.97 Å². The van der Waals surface area contributed by atoms with Gasteiger partial charge in [-0.2, -0.15) is 4.98 Å². The summed E-state index contributed by atoms with van der Waals surface area (Å²) < 4.78 is 10.8. The molecule has 0 radical (unpaired) electrons. The van der Waals surface area contributed by atoms with Crippen LogP contribution in [0.3, 0.4) is 0 Å². The molecular weight excluding hydrogens is 316 g/mol. The average Bonchev–Trinajstić information content (AvgIpc) is 2.38. The lowest BCUT2D eigenvalue weighted by Gasteiger charge is -2.32. The summed E-state index contributed by atoms with van der Waals surface area (Å²) in [5.74, 6) is 0.638. The summed E-state index contributed by atoms with van der Waals surface area (Å²) in [6.45, 7) is 1.70. The summed E-state index contributed by atoms with van der Waals surface area (Å²) >= 11 is 3.28. The Morgan fingerprint density at radius 1 is 1.68 bits per heavy atom. The van der Waals surface area contributed by atoms with Crippen molar-refractivity contribution in [1.29, 1.82) is 0 Å². The van der Waals surface area contributed by atoms with Gasteiger partial charge in [-0.15, -0.1) is 0 Å². The van der Waals surface area contributed by atoms with Crippen molar-refractivity contribution in [2.75, 3.05) is 37.4 Å². The third-order valence-electron chi connectivity index (χ3n) is 2.75. The van der Waals surface area contributed by atoms with Gasteiger partial charge in [0, 0.05) is 19.2 Å². The van der Waals surface area contributed by atoms with Gasteiger partial charge in [0.1, 0.15) is 10.4 Å². The summed E-state index contributed by atoms with van der Waals surface area (Å²) in [7, 11) is 1.36. The maximum absolute atomic E-state index is 11.3. The van der Waals surface area contributed by atoms with E-state index in [0.717, 1.165) is 0 Å². The number of nitrogens with two attached hydrogens (primary N) is 1. The molecule has 1 aliphatic heterocycles. The number of rotatable bonds is 3. The molecule has 1 saturated heterocycles. The molecule has 0 aromatic carbocycles. The van der Waals surface area contributed by atoms with Gasteiger partial charge >= 0.3 is 5.97 Å². The monoisotopic (exact) mass is 330 g/mol. The molecule has 1 fully saturated rings. The van der Waals surface area contributed by atoms with Gasteiger partial charge in [-0.1, -0.05) is 0 Å². The first kappa shape index (κ1) is 14.0. The number of nitrogen functional groups attached to an aromatic ring is 1. The van der Waals surface area contributed by atoms with Crippen LogP contribution in [0.1, 0.15) is 6.42 Å². The Morgan fingerprint density at radius 2 is 2.47 bits per heavy atom. The minimum absolute atomic E-state index is 0.218.